The van der Waals surface area contributed by atoms with Crippen LogP contribution in [0, 0.1) is 0 Å². The quantitative estimate of drug-likeness (QED) is 0.589. The van der Waals surface area contributed by atoms with Crippen molar-refractivity contribution in [2.24, 2.45) is 0 Å². The van der Waals surface area contributed by atoms with Gasteiger partial charge >= 0.3 is 0 Å². The summed E-state index contributed by atoms with van der Waals surface area (Å²) in [5.74, 6) is 0.867. The van der Waals surface area contributed by atoms with Crippen molar-refractivity contribution >= 4 is 33.3 Å². The topological polar surface area (TPSA) is 48.1 Å². The van der Waals surface area contributed by atoms with Gasteiger partial charge in [-0.25, -0.2) is 4.98 Å². The summed E-state index contributed by atoms with van der Waals surface area (Å²) in [4.78, 5) is 17.8. The van der Waals surface area contributed by atoms with E-state index in [1.807, 2.05) is 24.4 Å². The predicted octanol–water partition coefficient (Wildman–Crippen LogP) is 4.44. The van der Waals surface area contributed by atoms with Gasteiger partial charge in [-0.2, -0.15) is 0 Å². The molecule has 1 aliphatic heterocycles. The lowest BCUT2D eigenvalue weighted by molar-refractivity contribution is 0.724. The van der Waals surface area contributed by atoms with Crippen LogP contribution in [0.2, 0.25) is 0 Å². The zero-order valence-electron chi connectivity index (χ0n) is 15.7. The molecule has 4 aromatic rings. The van der Waals surface area contributed by atoms with Crippen LogP contribution in [-0.4, -0.2) is 41.1 Å². The second kappa shape index (κ2) is 6.27. The molecule has 5 heteroatoms. The lowest BCUT2D eigenvalue weighted by Gasteiger charge is -2.38. The molecular weight excluding hydrogens is 334 g/mol. The maximum absolute atomic E-state index is 4.75. The van der Waals surface area contributed by atoms with Crippen LogP contribution >= 0.6 is 0 Å². The van der Waals surface area contributed by atoms with E-state index in [2.05, 4.69) is 52.9 Å². The molecule has 5 nitrogen and oxygen atoms in total. The van der Waals surface area contributed by atoms with Crippen molar-refractivity contribution in [1.29, 1.82) is 0 Å². The van der Waals surface area contributed by atoms with Gasteiger partial charge < -0.3 is 14.8 Å². The molecule has 136 valence electrons. The molecule has 0 radical (unpaired) electrons. The van der Waals surface area contributed by atoms with Crippen molar-refractivity contribution in [2.75, 3.05) is 36.0 Å². The highest BCUT2D eigenvalue weighted by Gasteiger charge is 2.21. The molecule has 0 fully saturated rings. The number of benzene rings is 2. The molecule has 3 heterocycles. The number of H-pyrrole nitrogens is 1. The van der Waals surface area contributed by atoms with Crippen LogP contribution in [0.1, 0.15) is 13.8 Å². The number of aromatic amines is 1. The number of rotatable bonds is 3. The molecule has 0 spiro atoms. The first-order valence-electron chi connectivity index (χ1n) is 9.65. The fourth-order valence-corrected chi connectivity index (χ4v) is 4.02. The smallest absolute Gasteiger partial charge is 0.140 e. The summed E-state index contributed by atoms with van der Waals surface area (Å²) in [7, 11) is 0. The summed E-state index contributed by atoms with van der Waals surface area (Å²) < 4.78 is 0. The first-order chi connectivity index (χ1) is 13.3. The minimum atomic E-state index is 0.867. The lowest BCUT2D eigenvalue weighted by Crippen LogP contribution is -2.40. The molecule has 2 aromatic heterocycles. The van der Waals surface area contributed by atoms with E-state index in [1.54, 1.807) is 0 Å². The summed E-state index contributed by atoms with van der Waals surface area (Å²) in [6.45, 7) is 8.62. The average Bonchev–Trinajstić information content (AvgIpc) is 3.15. The fourth-order valence-electron chi connectivity index (χ4n) is 4.02. The Kier molecular flexibility index (Phi) is 3.74. The van der Waals surface area contributed by atoms with Gasteiger partial charge in [0.2, 0.25) is 0 Å². The zero-order valence-corrected chi connectivity index (χ0v) is 15.7. The van der Waals surface area contributed by atoms with Gasteiger partial charge in [0.25, 0.3) is 0 Å². The second-order valence-electron chi connectivity index (χ2n) is 7.02. The Labute approximate surface area is 158 Å². The molecule has 1 aliphatic rings. The van der Waals surface area contributed by atoms with E-state index >= 15 is 0 Å². The van der Waals surface area contributed by atoms with Gasteiger partial charge in [0.05, 0.1) is 27.9 Å². The molecule has 0 atom stereocenters. The van der Waals surface area contributed by atoms with Crippen molar-refractivity contribution in [2.45, 2.75) is 13.8 Å². The van der Waals surface area contributed by atoms with E-state index in [-0.39, 0.29) is 0 Å². The molecule has 5 rings (SSSR count). The minimum absolute atomic E-state index is 0.867. The van der Waals surface area contributed by atoms with Crippen molar-refractivity contribution in [3.63, 3.8) is 0 Å². The fraction of sp³-hybridized carbons (Fsp3) is 0.273. The van der Waals surface area contributed by atoms with Crippen LogP contribution in [0.15, 0.2) is 48.7 Å². The Morgan fingerprint density at radius 1 is 0.926 bits per heavy atom. The Bertz CT molecular complexity index is 1100. The Hall–Kier alpha value is -3.08. The molecule has 0 bridgehead atoms. The summed E-state index contributed by atoms with van der Waals surface area (Å²) in [6.07, 6.45) is 1.92. The van der Waals surface area contributed by atoms with Crippen molar-refractivity contribution in [1.82, 2.24) is 15.0 Å². The SMILES string of the molecule is CCN1CCN(CC)c2cc3ncc(-c4nc5ccccc5[nH]4)cc3cc21. The van der Waals surface area contributed by atoms with Crippen molar-refractivity contribution in [3.05, 3.63) is 48.7 Å². The van der Waals surface area contributed by atoms with Gasteiger partial charge in [-0.05, 0) is 44.2 Å². The lowest BCUT2D eigenvalue weighted by atomic mass is 10.1. The predicted molar refractivity (Wildman–Crippen MR) is 113 cm³/mol. The van der Waals surface area contributed by atoms with Gasteiger partial charge in [-0.1, -0.05) is 12.1 Å². The van der Waals surface area contributed by atoms with E-state index in [0.29, 0.717) is 0 Å². The highest BCUT2D eigenvalue weighted by Crippen LogP contribution is 2.37. The molecule has 0 aliphatic carbocycles. The largest absolute Gasteiger partial charge is 0.368 e. The third-order valence-electron chi connectivity index (χ3n) is 5.53. The molecule has 1 N–H and O–H groups in total. The maximum atomic E-state index is 4.75. The zero-order chi connectivity index (χ0) is 18.4. The second-order valence-corrected chi connectivity index (χ2v) is 7.02. The Balaban J connectivity index is 1.65. The summed E-state index contributed by atoms with van der Waals surface area (Å²) in [6, 6.07) is 14.8. The molecule has 0 saturated heterocycles. The number of hydrogen-bond donors (Lipinski definition) is 1. The average molecular weight is 357 g/mol. The van der Waals surface area contributed by atoms with Crippen molar-refractivity contribution < 1.29 is 0 Å². The number of fused-ring (bicyclic) bond motifs is 3. The first-order valence-corrected chi connectivity index (χ1v) is 9.65. The van der Waals surface area contributed by atoms with E-state index < -0.39 is 0 Å². The van der Waals surface area contributed by atoms with Gasteiger partial charge in [0.1, 0.15) is 5.82 Å². The number of nitrogens with zero attached hydrogens (tertiary/aromatic N) is 4. The Morgan fingerprint density at radius 3 is 2.41 bits per heavy atom. The summed E-state index contributed by atoms with van der Waals surface area (Å²) >= 11 is 0. The molecular formula is C22H23N5. The molecule has 0 unspecified atom stereocenters. The van der Waals surface area contributed by atoms with Crippen LogP contribution in [-0.2, 0) is 0 Å². The van der Waals surface area contributed by atoms with Gasteiger partial charge in [-0.15, -0.1) is 0 Å². The van der Waals surface area contributed by atoms with E-state index in [9.17, 15) is 0 Å². The van der Waals surface area contributed by atoms with Crippen LogP contribution in [0.4, 0.5) is 11.4 Å². The normalized spacial score (nSPS) is 14.1. The number of aromatic nitrogens is 3. The molecule has 0 amide bonds. The van der Waals surface area contributed by atoms with Crippen LogP contribution in [0.5, 0.6) is 0 Å². The first kappa shape index (κ1) is 16.1. The third kappa shape index (κ3) is 2.62. The van der Waals surface area contributed by atoms with Crippen LogP contribution < -0.4 is 9.80 Å². The number of imidazole rings is 1. The van der Waals surface area contributed by atoms with E-state index in [1.165, 1.54) is 11.4 Å². The van der Waals surface area contributed by atoms with Gasteiger partial charge in [0.15, 0.2) is 0 Å². The van der Waals surface area contributed by atoms with E-state index in [4.69, 9.17) is 9.97 Å². The third-order valence-corrected chi connectivity index (χ3v) is 5.53. The minimum Gasteiger partial charge on any atom is -0.368 e. The highest BCUT2D eigenvalue weighted by molar-refractivity contribution is 5.93. The Morgan fingerprint density at radius 2 is 1.67 bits per heavy atom. The standard InChI is InChI=1S/C22H23N5/c1-3-26-9-10-27(4-2)21-13-19-15(12-20(21)26)11-16(14-23-19)22-24-17-7-5-6-8-18(17)25-22/h5-8,11-14H,3-4,9-10H2,1-2H3,(H,24,25). The summed E-state index contributed by atoms with van der Waals surface area (Å²) in [5.41, 5.74) is 6.68. The number of pyridine rings is 1. The van der Waals surface area contributed by atoms with Crippen LogP contribution in [0.25, 0.3) is 33.3 Å². The molecule has 0 saturated carbocycles. The monoisotopic (exact) mass is 357 g/mol. The number of para-hydroxylation sites is 2. The van der Waals surface area contributed by atoms with E-state index in [0.717, 1.165) is 59.5 Å². The number of anilines is 2. The molecule has 2 aromatic carbocycles. The maximum Gasteiger partial charge on any atom is 0.140 e. The van der Waals surface area contributed by atoms with Gasteiger partial charge in [0, 0.05) is 43.3 Å². The molecule has 27 heavy (non-hydrogen) atoms. The van der Waals surface area contributed by atoms with Crippen molar-refractivity contribution in [3.8, 4) is 11.4 Å². The number of nitrogens with one attached hydrogen (secondary N) is 1. The van der Waals surface area contributed by atoms with Crippen LogP contribution in [0.3, 0.4) is 0 Å². The number of hydrogen-bond acceptors (Lipinski definition) is 4. The summed E-state index contributed by atoms with van der Waals surface area (Å²) in [5, 5.41) is 1.16. The highest BCUT2D eigenvalue weighted by atomic mass is 15.3. The van der Waals surface area contributed by atoms with Gasteiger partial charge in [-0.3, -0.25) is 4.98 Å². The number of likely N-dealkylation sites (N-methyl/N-ethyl adjacent to an activating group) is 2.